The number of nitrogens with two attached hydrogens (primary N) is 1. The fraction of sp³-hybridized carbons (Fsp3) is 0.875. The molecule has 0 aliphatic carbocycles. The lowest BCUT2D eigenvalue weighted by atomic mass is 10.3. The van der Waals surface area contributed by atoms with Crippen molar-refractivity contribution in [1.82, 2.24) is 10.0 Å². The van der Waals surface area contributed by atoms with E-state index in [0.29, 0.717) is 19.5 Å². The highest BCUT2D eigenvalue weighted by Crippen LogP contribution is 1.87. The summed E-state index contributed by atoms with van der Waals surface area (Å²) >= 11 is 0. The maximum Gasteiger partial charge on any atom is 0.250 e. The predicted octanol–water partition coefficient (Wildman–Crippen LogP) is -1.98. The molecule has 0 spiro atoms. The van der Waals surface area contributed by atoms with E-state index in [-0.39, 0.29) is 12.5 Å². The molecule has 7 nitrogen and oxygen atoms in total. The van der Waals surface area contributed by atoms with Crippen LogP contribution < -0.4 is 15.8 Å². The van der Waals surface area contributed by atoms with Gasteiger partial charge in [-0.2, -0.15) is 0 Å². The van der Waals surface area contributed by atoms with Crippen molar-refractivity contribution in [2.75, 3.05) is 33.0 Å². The molecular weight excluding hydrogens is 234 g/mol. The number of sulfonamides is 1. The molecule has 4 N–H and O–H groups in total. The van der Waals surface area contributed by atoms with E-state index in [9.17, 15) is 13.2 Å². The van der Waals surface area contributed by atoms with Gasteiger partial charge in [-0.15, -0.1) is 0 Å². The molecule has 16 heavy (non-hydrogen) atoms. The molecule has 0 aromatic rings. The summed E-state index contributed by atoms with van der Waals surface area (Å²) in [5.41, 5.74) is 5.29. The van der Waals surface area contributed by atoms with Crippen LogP contribution in [0.2, 0.25) is 0 Å². The number of amides is 1. The lowest BCUT2D eigenvalue weighted by Crippen LogP contribution is -2.41. The van der Waals surface area contributed by atoms with Gasteiger partial charge in [0.25, 0.3) is 0 Å². The van der Waals surface area contributed by atoms with E-state index < -0.39 is 16.1 Å². The van der Waals surface area contributed by atoms with Crippen molar-refractivity contribution in [1.29, 1.82) is 0 Å². The maximum absolute atomic E-state index is 11.3. The lowest BCUT2D eigenvalue weighted by molar-refractivity contribution is -0.130. The number of carbonyl (C=O) groups is 1. The normalized spacial score (nSPS) is 13.4. The third-order valence-corrected chi connectivity index (χ3v) is 2.54. The molecule has 0 saturated carbocycles. The minimum atomic E-state index is -3.16. The molecule has 0 fully saturated rings. The molecule has 0 bridgehead atoms. The third kappa shape index (κ3) is 7.57. The van der Waals surface area contributed by atoms with Crippen LogP contribution >= 0.6 is 0 Å². The van der Waals surface area contributed by atoms with E-state index in [2.05, 4.69) is 10.0 Å². The lowest BCUT2D eigenvalue weighted by Gasteiger charge is -2.12. The second-order valence-electron chi connectivity index (χ2n) is 3.27. The molecule has 1 amide bonds. The Labute approximate surface area is 95.8 Å². The summed E-state index contributed by atoms with van der Waals surface area (Å²) in [4.78, 5) is 11.3. The number of nitrogens with one attached hydrogen (secondary N) is 2. The highest BCUT2D eigenvalue weighted by Gasteiger charge is 2.14. The van der Waals surface area contributed by atoms with Crippen molar-refractivity contribution >= 4 is 15.9 Å². The summed E-state index contributed by atoms with van der Waals surface area (Å²) in [7, 11) is -1.75. The SMILES string of the molecule is COC(CN)C(=O)NCCCNS(C)(=O)=O. The van der Waals surface area contributed by atoms with Crippen LogP contribution in [0.5, 0.6) is 0 Å². The van der Waals surface area contributed by atoms with Crippen LogP contribution in [0.25, 0.3) is 0 Å². The Hall–Kier alpha value is -0.700. The van der Waals surface area contributed by atoms with Gasteiger partial charge >= 0.3 is 0 Å². The van der Waals surface area contributed by atoms with Crippen molar-refractivity contribution < 1.29 is 17.9 Å². The standard InChI is InChI=1S/C8H19N3O4S/c1-15-7(6-9)8(12)10-4-3-5-11-16(2,13)14/h7,11H,3-6,9H2,1-2H3,(H,10,12). The zero-order valence-electron chi connectivity index (χ0n) is 9.52. The summed E-state index contributed by atoms with van der Waals surface area (Å²) in [6, 6.07) is 0. The molecule has 0 saturated heterocycles. The zero-order valence-corrected chi connectivity index (χ0v) is 10.3. The van der Waals surface area contributed by atoms with Gasteiger partial charge in [0.15, 0.2) is 0 Å². The third-order valence-electron chi connectivity index (χ3n) is 1.81. The van der Waals surface area contributed by atoms with Gasteiger partial charge in [-0.05, 0) is 6.42 Å². The number of carbonyl (C=O) groups excluding carboxylic acids is 1. The monoisotopic (exact) mass is 253 g/mol. The van der Waals surface area contributed by atoms with Gasteiger partial charge in [0.05, 0.1) is 6.26 Å². The first-order valence-corrected chi connectivity index (χ1v) is 6.75. The molecule has 0 aromatic carbocycles. The van der Waals surface area contributed by atoms with E-state index >= 15 is 0 Å². The summed E-state index contributed by atoms with van der Waals surface area (Å²) in [6.07, 6.45) is 0.948. The Morgan fingerprint density at radius 1 is 1.44 bits per heavy atom. The molecule has 1 atom stereocenters. The smallest absolute Gasteiger partial charge is 0.250 e. The van der Waals surface area contributed by atoms with E-state index in [4.69, 9.17) is 10.5 Å². The average Bonchev–Trinajstić information content (AvgIpc) is 2.17. The van der Waals surface area contributed by atoms with Gasteiger partial charge in [0, 0.05) is 26.7 Å². The number of hydrogen-bond donors (Lipinski definition) is 3. The van der Waals surface area contributed by atoms with Crippen molar-refractivity contribution in [3.05, 3.63) is 0 Å². The van der Waals surface area contributed by atoms with E-state index in [0.717, 1.165) is 6.26 Å². The molecule has 0 aromatic heterocycles. The molecule has 0 aliphatic rings. The van der Waals surface area contributed by atoms with Crippen molar-refractivity contribution in [3.8, 4) is 0 Å². The minimum absolute atomic E-state index is 0.115. The fourth-order valence-electron chi connectivity index (χ4n) is 0.982. The zero-order chi connectivity index (χ0) is 12.6. The van der Waals surface area contributed by atoms with Crippen molar-refractivity contribution in [2.45, 2.75) is 12.5 Å². The van der Waals surface area contributed by atoms with Gasteiger partial charge in [0.1, 0.15) is 6.10 Å². The minimum Gasteiger partial charge on any atom is -0.370 e. The predicted molar refractivity (Wildman–Crippen MR) is 60.3 cm³/mol. The van der Waals surface area contributed by atoms with Crippen LogP contribution in [0.1, 0.15) is 6.42 Å². The van der Waals surface area contributed by atoms with Crippen molar-refractivity contribution in [2.24, 2.45) is 5.73 Å². The topological polar surface area (TPSA) is 111 Å². The molecular formula is C8H19N3O4S. The summed E-state index contributed by atoms with van der Waals surface area (Å²) in [6.45, 7) is 0.782. The highest BCUT2D eigenvalue weighted by atomic mass is 32.2. The first-order valence-electron chi connectivity index (χ1n) is 4.86. The van der Waals surface area contributed by atoms with Crippen LogP contribution in [0.15, 0.2) is 0 Å². The van der Waals surface area contributed by atoms with Crippen LogP contribution in [-0.2, 0) is 19.6 Å². The van der Waals surface area contributed by atoms with E-state index in [1.165, 1.54) is 7.11 Å². The summed E-state index contributed by atoms with van der Waals surface area (Å²) < 4.78 is 28.5. The maximum atomic E-state index is 11.3. The average molecular weight is 253 g/mol. The molecule has 0 heterocycles. The molecule has 96 valence electrons. The molecule has 8 heteroatoms. The fourth-order valence-corrected chi connectivity index (χ4v) is 1.50. The highest BCUT2D eigenvalue weighted by molar-refractivity contribution is 7.88. The molecule has 0 radical (unpaired) electrons. The number of ether oxygens (including phenoxy) is 1. The summed E-state index contributed by atoms with van der Waals surface area (Å²) in [5, 5.41) is 2.59. The number of rotatable bonds is 8. The van der Waals surface area contributed by atoms with Gasteiger partial charge in [0.2, 0.25) is 15.9 Å². The Bertz CT molecular complexity index is 300. The summed E-state index contributed by atoms with van der Waals surface area (Å²) in [5.74, 6) is -0.288. The van der Waals surface area contributed by atoms with E-state index in [1.54, 1.807) is 0 Å². The Balaban J connectivity index is 3.63. The number of hydrogen-bond acceptors (Lipinski definition) is 5. The quantitative estimate of drug-likeness (QED) is 0.434. The second-order valence-corrected chi connectivity index (χ2v) is 5.10. The largest absolute Gasteiger partial charge is 0.370 e. The van der Waals surface area contributed by atoms with Gasteiger partial charge in [-0.3, -0.25) is 4.79 Å². The van der Waals surface area contributed by atoms with Crippen LogP contribution in [0.4, 0.5) is 0 Å². The van der Waals surface area contributed by atoms with Gasteiger partial charge in [-0.1, -0.05) is 0 Å². The Morgan fingerprint density at radius 3 is 2.50 bits per heavy atom. The molecule has 0 aliphatic heterocycles. The molecule has 1 unspecified atom stereocenters. The first kappa shape index (κ1) is 15.3. The van der Waals surface area contributed by atoms with E-state index in [1.807, 2.05) is 0 Å². The van der Waals surface area contributed by atoms with Crippen LogP contribution in [0, 0.1) is 0 Å². The van der Waals surface area contributed by atoms with Gasteiger partial charge in [-0.25, -0.2) is 13.1 Å². The van der Waals surface area contributed by atoms with Crippen LogP contribution in [-0.4, -0.2) is 53.4 Å². The van der Waals surface area contributed by atoms with Crippen LogP contribution in [0.3, 0.4) is 0 Å². The van der Waals surface area contributed by atoms with Crippen molar-refractivity contribution in [3.63, 3.8) is 0 Å². The Morgan fingerprint density at radius 2 is 2.06 bits per heavy atom. The molecule has 0 rings (SSSR count). The first-order chi connectivity index (χ1) is 7.40. The second kappa shape index (κ2) is 7.55. The van der Waals surface area contributed by atoms with Gasteiger partial charge < -0.3 is 15.8 Å². The Kier molecular flexibility index (Phi) is 7.22. The number of methoxy groups -OCH3 is 1.